The van der Waals surface area contributed by atoms with Gasteiger partial charge < -0.3 is 9.42 Å². The Balaban J connectivity index is 1.45. The summed E-state index contributed by atoms with van der Waals surface area (Å²) < 4.78 is 5.20. The second kappa shape index (κ2) is 6.88. The van der Waals surface area contributed by atoms with E-state index < -0.39 is 0 Å². The number of hydrogen-bond acceptors (Lipinski definition) is 6. The molecule has 1 atom stereocenters. The summed E-state index contributed by atoms with van der Waals surface area (Å²) in [6.07, 6.45) is 2.86. The minimum Gasteiger partial charge on any atom is -0.358 e. The Morgan fingerprint density at radius 3 is 2.69 bits per heavy atom. The van der Waals surface area contributed by atoms with Crippen molar-refractivity contribution in [3.8, 4) is 11.5 Å². The van der Waals surface area contributed by atoms with Gasteiger partial charge in [0.25, 0.3) is 5.89 Å². The highest BCUT2D eigenvalue weighted by Crippen LogP contribution is 2.24. The van der Waals surface area contributed by atoms with Crippen LogP contribution in [0.2, 0.25) is 0 Å². The molecule has 2 aromatic heterocycles. The summed E-state index contributed by atoms with van der Waals surface area (Å²) in [5, 5.41) is 3.82. The quantitative estimate of drug-likeness (QED) is 0.722. The maximum absolute atomic E-state index is 5.20. The van der Waals surface area contributed by atoms with Gasteiger partial charge in [0.15, 0.2) is 5.82 Å². The van der Waals surface area contributed by atoms with Crippen LogP contribution in [0.5, 0.6) is 0 Å². The van der Waals surface area contributed by atoms with Gasteiger partial charge in [0.1, 0.15) is 5.82 Å². The van der Waals surface area contributed by atoms with Crippen LogP contribution in [0.25, 0.3) is 11.5 Å². The van der Waals surface area contributed by atoms with Crippen LogP contribution in [-0.2, 0) is 13.0 Å². The Morgan fingerprint density at radius 1 is 1.19 bits per heavy atom. The predicted molar refractivity (Wildman–Crippen MR) is 101 cm³/mol. The first-order valence-corrected chi connectivity index (χ1v) is 8.85. The number of nitrogens with zero attached hydrogens (tertiary/aromatic N) is 5. The molecule has 26 heavy (non-hydrogen) atoms. The SMILES string of the molecule is Cc1noc(-c2ccc(N(C)C[C@@H]3Cc4ccccc4CN3C)nc2)n1. The van der Waals surface area contributed by atoms with E-state index in [4.69, 9.17) is 4.52 Å². The van der Waals surface area contributed by atoms with Gasteiger partial charge in [-0.25, -0.2) is 4.98 Å². The third-order valence-corrected chi connectivity index (χ3v) is 5.02. The van der Waals surface area contributed by atoms with Crippen molar-refractivity contribution in [2.75, 3.05) is 25.5 Å². The molecule has 134 valence electrons. The van der Waals surface area contributed by atoms with E-state index in [0.717, 1.165) is 30.9 Å². The zero-order valence-electron chi connectivity index (χ0n) is 15.4. The van der Waals surface area contributed by atoms with E-state index in [9.17, 15) is 0 Å². The number of aryl methyl sites for hydroxylation is 1. The van der Waals surface area contributed by atoms with Gasteiger partial charge in [0.2, 0.25) is 0 Å². The van der Waals surface area contributed by atoms with Gasteiger partial charge in [-0.2, -0.15) is 4.98 Å². The van der Waals surface area contributed by atoms with Crippen molar-refractivity contribution < 1.29 is 4.52 Å². The third kappa shape index (κ3) is 3.32. The zero-order valence-corrected chi connectivity index (χ0v) is 15.4. The zero-order chi connectivity index (χ0) is 18.1. The highest BCUT2D eigenvalue weighted by Gasteiger charge is 2.24. The lowest BCUT2D eigenvalue weighted by Gasteiger charge is -2.36. The van der Waals surface area contributed by atoms with Crippen LogP contribution in [0.1, 0.15) is 17.0 Å². The fourth-order valence-corrected chi connectivity index (χ4v) is 3.48. The highest BCUT2D eigenvalue weighted by atomic mass is 16.5. The first-order valence-electron chi connectivity index (χ1n) is 8.85. The summed E-state index contributed by atoms with van der Waals surface area (Å²) in [6.45, 7) is 3.73. The summed E-state index contributed by atoms with van der Waals surface area (Å²) in [4.78, 5) is 13.5. The van der Waals surface area contributed by atoms with E-state index in [1.54, 1.807) is 13.1 Å². The average Bonchev–Trinajstić information content (AvgIpc) is 3.09. The lowest BCUT2D eigenvalue weighted by Crippen LogP contribution is -2.44. The fourth-order valence-electron chi connectivity index (χ4n) is 3.48. The molecule has 3 aromatic rings. The Kier molecular flexibility index (Phi) is 4.42. The second-order valence-electron chi connectivity index (χ2n) is 6.97. The number of hydrogen-bond donors (Lipinski definition) is 0. The first kappa shape index (κ1) is 16.7. The van der Waals surface area contributed by atoms with Crippen LogP contribution in [0, 0.1) is 6.92 Å². The Labute approximate surface area is 153 Å². The lowest BCUT2D eigenvalue weighted by molar-refractivity contribution is 0.219. The highest BCUT2D eigenvalue weighted by molar-refractivity contribution is 5.54. The van der Waals surface area contributed by atoms with Gasteiger partial charge in [-0.1, -0.05) is 29.4 Å². The minimum atomic E-state index is 0.468. The van der Waals surface area contributed by atoms with E-state index in [1.165, 1.54) is 11.1 Å². The molecule has 0 bridgehead atoms. The van der Waals surface area contributed by atoms with E-state index >= 15 is 0 Å². The standard InChI is InChI=1S/C20H23N5O/c1-14-22-20(26-23-14)16-8-9-19(21-11-16)25(3)13-18-10-15-6-4-5-7-17(15)12-24(18)2/h4-9,11,18H,10,12-13H2,1-3H3/t18-/m0/s1. The second-order valence-corrected chi connectivity index (χ2v) is 6.97. The molecular formula is C20H23N5O. The number of rotatable bonds is 4. The summed E-state index contributed by atoms with van der Waals surface area (Å²) in [7, 11) is 4.29. The third-order valence-electron chi connectivity index (χ3n) is 5.02. The van der Waals surface area contributed by atoms with Crippen molar-refractivity contribution in [1.82, 2.24) is 20.0 Å². The number of aromatic nitrogens is 3. The molecule has 3 heterocycles. The van der Waals surface area contributed by atoms with Crippen LogP contribution in [0.3, 0.4) is 0 Å². The van der Waals surface area contributed by atoms with E-state index in [-0.39, 0.29) is 0 Å². The number of anilines is 1. The summed E-state index contributed by atoms with van der Waals surface area (Å²) >= 11 is 0. The molecule has 0 aliphatic carbocycles. The van der Waals surface area contributed by atoms with Crippen molar-refractivity contribution in [3.63, 3.8) is 0 Å². The van der Waals surface area contributed by atoms with Crippen molar-refractivity contribution >= 4 is 5.82 Å². The molecule has 0 N–H and O–H groups in total. The lowest BCUT2D eigenvalue weighted by atomic mass is 9.94. The molecule has 0 saturated carbocycles. The molecule has 0 saturated heterocycles. The number of fused-ring (bicyclic) bond motifs is 1. The van der Waals surface area contributed by atoms with Crippen LogP contribution < -0.4 is 4.90 Å². The maximum Gasteiger partial charge on any atom is 0.259 e. The van der Waals surface area contributed by atoms with Crippen molar-refractivity contribution in [2.24, 2.45) is 0 Å². The maximum atomic E-state index is 5.20. The molecular weight excluding hydrogens is 326 g/mol. The summed E-state index contributed by atoms with van der Waals surface area (Å²) in [5.74, 6) is 2.08. The van der Waals surface area contributed by atoms with Crippen molar-refractivity contribution in [1.29, 1.82) is 0 Å². The normalized spacial score (nSPS) is 17.1. The molecule has 1 aliphatic rings. The molecule has 6 heteroatoms. The van der Waals surface area contributed by atoms with E-state index in [1.807, 2.05) is 12.1 Å². The molecule has 0 fully saturated rings. The molecule has 0 unspecified atom stereocenters. The van der Waals surface area contributed by atoms with Crippen molar-refractivity contribution in [2.45, 2.75) is 25.9 Å². The monoisotopic (exact) mass is 349 g/mol. The van der Waals surface area contributed by atoms with Gasteiger partial charge in [-0.05, 0) is 43.7 Å². The van der Waals surface area contributed by atoms with E-state index in [2.05, 4.69) is 63.3 Å². The Morgan fingerprint density at radius 2 is 2.00 bits per heavy atom. The van der Waals surface area contributed by atoms with Gasteiger partial charge in [-0.15, -0.1) is 0 Å². The molecule has 0 amide bonds. The van der Waals surface area contributed by atoms with Gasteiger partial charge >= 0.3 is 0 Å². The van der Waals surface area contributed by atoms with E-state index in [0.29, 0.717) is 17.8 Å². The number of pyridine rings is 1. The number of likely N-dealkylation sites (N-methyl/N-ethyl adjacent to an activating group) is 2. The topological polar surface area (TPSA) is 58.3 Å². The molecule has 4 rings (SSSR count). The molecule has 6 nitrogen and oxygen atoms in total. The molecule has 0 spiro atoms. The van der Waals surface area contributed by atoms with Crippen LogP contribution in [0.15, 0.2) is 47.1 Å². The van der Waals surface area contributed by atoms with Crippen LogP contribution >= 0.6 is 0 Å². The largest absolute Gasteiger partial charge is 0.358 e. The smallest absolute Gasteiger partial charge is 0.259 e. The molecule has 0 radical (unpaired) electrons. The fraction of sp³-hybridized carbons (Fsp3) is 0.350. The van der Waals surface area contributed by atoms with Gasteiger partial charge in [0, 0.05) is 32.4 Å². The molecule has 1 aromatic carbocycles. The molecule has 1 aliphatic heterocycles. The minimum absolute atomic E-state index is 0.468. The van der Waals surface area contributed by atoms with Crippen LogP contribution in [-0.4, -0.2) is 46.7 Å². The average molecular weight is 349 g/mol. The Bertz CT molecular complexity index is 889. The van der Waals surface area contributed by atoms with Crippen LogP contribution in [0.4, 0.5) is 5.82 Å². The number of benzene rings is 1. The summed E-state index contributed by atoms with van der Waals surface area (Å²) in [5.41, 5.74) is 3.73. The van der Waals surface area contributed by atoms with Gasteiger partial charge in [-0.3, -0.25) is 4.90 Å². The Hall–Kier alpha value is -2.73. The predicted octanol–water partition coefficient (Wildman–Crippen LogP) is 2.93. The first-order chi connectivity index (χ1) is 12.6. The van der Waals surface area contributed by atoms with Gasteiger partial charge in [0.05, 0.1) is 5.56 Å². The summed E-state index contributed by atoms with van der Waals surface area (Å²) in [6, 6.07) is 13.2. The van der Waals surface area contributed by atoms with Crippen molar-refractivity contribution in [3.05, 3.63) is 59.5 Å².